The van der Waals surface area contributed by atoms with Crippen molar-refractivity contribution < 1.29 is 9.21 Å². The number of hydrogen-bond acceptors (Lipinski definition) is 5. The van der Waals surface area contributed by atoms with E-state index in [1.807, 2.05) is 37.3 Å². The van der Waals surface area contributed by atoms with Crippen molar-refractivity contribution in [2.75, 3.05) is 4.90 Å². The summed E-state index contributed by atoms with van der Waals surface area (Å²) >= 11 is 1.48. The van der Waals surface area contributed by atoms with Crippen LogP contribution in [0.3, 0.4) is 0 Å². The van der Waals surface area contributed by atoms with Gasteiger partial charge in [0.25, 0.3) is 11.5 Å². The fraction of sp³-hybridized carbons (Fsp3) is 0.150. The van der Waals surface area contributed by atoms with Crippen LogP contribution in [0.2, 0.25) is 0 Å². The number of carbonyl (C=O) groups is 1. The van der Waals surface area contributed by atoms with Gasteiger partial charge in [0.05, 0.1) is 35.1 Å². The van der Waals surface area contributed by atoms with Gasteiger partial charge < -0.3 is 8.98 Å². The van der Waals surface area contributed by atoms with Crippen molar-refractivity contribution in [3.63, 3.8) is 0 Å². The number of aromatic nitrogens is 2. The van der Waals surface area contributed by atoms with Gasteiger partial charge in [-0.3, -0.25) is 14.5 Å². The number of fused-ring (bicyclic) bond motifs is 2. The standard InChI is InChI=1S/C20H15N3O3S/c1-12-18-13(9-17(24)22(12)11-14-5-4-8-26-14)10-23(19(18)25)20-21-15-6-2-3-7-16(15)27-20/h2-9H,10-11H2,1H3. The molecule has 4 aromatic rings. The van der Waals surface area contributed by atoms with Crippen molar-refractivity contribution in [3.05, 3.63) is 81.7 Å². The van der Waals surface area contributed by atoms with Gasteiger partial charge in [-0.05, 0) is 36.8 Å². The first kappa shape index (κ1) is 16.0. The Bertz CT molecular complexity index is 1200. The Labute approximate surface area is 158 Å². The number of furan rings is 1. The first-order valence-corrected chi connectivity index (χ1v) is 9.36. The molecule has 0 N–H and O–H groups in total. The number of rotatable bonds is 3. The summed E-state index contributed by atoms with van der Waals surface area (Å²) in [5.41, 5.74) is 2.72. The number of nitrogens with zero attached hydrogens (tertiary/aromatic N) is 3. The summed E-state index contributed by atoms with van der Waals surface area (Å²) in [5.74, 6) is 0.559. The van der Waals surface area contributed by atoms with E-state index in [9.17, 15) is 9.59 Å². The Morgan fingerprint density at radius 1 is 1.19 bits per heavy atom. The molecule has 0 unspecified atom stereocenters. The highest BCUT2D eigenvalue weighted by Gasteiger charge is 2.33. The molecule has 0 radical (unpaired) electrons. The van der Waals surface area contributed by atoms with Crippen LogP contribution < -0.4 is 10.5 Å². The molecule has 0 aliphatic carbocycles. The molecule has 7 heteroatoms. The number of benzene rings is 1. The van der Waals surface area contributed by atoms with E-state index in [0.29, 0.717) is 35.2 Å². The molecular weight excluding hydrogens is 362 g/mol. The largest absolute Gasteiger partial charge is 0.467 e. The molecule has 3 aromatic heterocycles. The highest BCUT2D eigenvalue weighted by molar-refractivity contribution is 7.22. The predicted octanol–water partition coefficient (Wildman–Crippen LogP) is 3.57. The van der Waals surface area contributed by atoms with Crippen LogP contribution in [0, 0.1) is 6.92 Å². The van der Waals surface area contributed by atoms with Crippen LogP contribution in [0.5, 0.6) is 0 Å². The maximum atomic E-state index is 13.1. The SMILES string of the molecule is Cc1c2c(cc(=O)n1Cc1ccco1)CN(c1nc3ccccc3s1)C2=O. The third-order valence-electron chi connectivity index (χ3n) is 4.85. The molecule has 134 valence electrons. The van der Waals surface area contributed by atoms with Gasteiger partial charge in [0, 0.05) is 11.8 Å². The van der Waals surface area contributed by atoms with Crippen molar-refractivity contribution in [2.45, 2.75) is 20.0 Å². The topological polar surface area (TPSA) is 68.3 Å². The highest BCUT2D eigenvalue weighted by atomic mass is 32.1. The number of pyridine rings is 1. The molecule has 1 aromatic carbocycles. The maximum Gasteiger partial charge on any atom is 0.262 e. The van der Waals surface area contributed by atoms with E-state index in [4.69, 9.17) is 4.42 Å². The molecule has 1 amide bonds. The molecule has 0 spiro atoms. The molecule has 1 aliphatic heterocycles. The van der Waals surface area contributed by atoms with Crippen LogP contribution >= 0.6 is 11.3 Å². The van der Waals surface area contributed by atoms with Crippen LogP contribution in [0.4, 0.5) is 5.13 Å². The van der Waals surface area contributed by atoms with Crippen molar-refractivity contribution in [2.24, 2.45) is 0 Å². The fourth-order valence-electron chi connectivity index (χ4n) is 3.51. The van der Waals surface area contributed by atoms with Gasteiger partial charge in [-0.25, -0.2) is 4.98 Å². The molecule has 0 fully saturated rings. The van der Waals surface area contributed by atoms with Gasteiger partial charge in [0.2, 0.25) is 0 Å². The summed E-state index contributed by atoms with van der Waals surface area (Å²) in [6.07, 6.45) is 1.57. The summed E-state index contributed by atoms with van der Waals surface area (Å²) in [5, 5.41) is 0.654. The summed E-state index contributed by atoms with van der Waals surface area (Å²) in [6, 6.07) is 13.0. The van der Waals surface area contributed by atoms with E-state index >= 15 is 0 Å². The van der Waals surface area contributed by atoms with Gasteiger partial charge in [0.1, 0.15) is 5.76 Å². The Hall–Kier alpha value is -3.19. The van der Waals surface area contributed by atoms with Crippen molar-refractivity contribution in [3.8, 4) is 0 Å². The number of anilines is 1. The molecule has 4 heterocycles. The molecule has 27 heavy (non-hydrogen) atoms. The zero-order chi connectivity index (χ0) is 18.5. The van der Waals surface area contributed by atoms with Crippen molar-refractivity contribution in [1.29, 1.82) is 0 Å². The molecule has 1 aliphatic rings. The van der Waals surface area contributed by atoms with Crippen LogP contribution in [-0.4, -0.2) is 15.5 Å². The summed E-state index contributed by atoms with van der Waals surface area (Å²) in [6.45, 7) is 2.48. The second-order valence-electron chi connectivity index (χ2n) is 6.49. The highest BCUT2D eigenvalue weighted by Crippen LogP contribution is 2.34. The van der Waals surface area contributed by atoms with Gasteiger partial charge >= 0.3 is 0 Å². The Morgan fingerprint density at radius 3 is 2.81 bits per heavy atom. The Kier molecular flexibility index (Phi) is 3.51. The van der Waals surface area contributed by atoms with E-state index in [2.05, 4.69) is 4.98 Å². The lowest BCUT2D eigenvalue weighted by Crippen LogP contribution is -2.26. The molecule has 6 nitrogen and oxygen atoms in total. The quantitative estimate of drug-likeness (QED) is 0.547. The number of para-hydroxylation sites is 1. The first-order valence-electron chi connectivity index (χ1n) is 8.55. The van der Waals surface area contributed by atoms with E-state index in [1.54, 1.807) is 27.9 Å². The second-order valence-corrected chi connectivity index (χ2v) is 7.50. The van der Waals surface area contributed by atoms with Crippen LogP contribution in [0.25, 0.3) is 10.2 Å². The van der Waals surface area contributed by atoms with E-state index in [-0.39, 0.29) is 11.5 Å². The van der Waals surface area contributed by atoms with Crippen LogP contribution in [-0.2, 0) is 13.1 Å². The first-order chi connectivity index (χ1) is 13.1. The minimum atomic E-state index is -0.137. The van der Waals surface area contributed by atoms with Crippen molar-refractivity contribution in [1.82, 2.24) is 9.55 Å². The fourth-order valence-corrected chi connectivity index (χ4v) is 4.47. The molecule has 5 rings (SSSR count). The lowest BCUT2D eigenvalue weighted by molar-refractivity contribution is 0.0995. The number of thiazole rings is 1. The number of hydrogen-bond donors (Lipinski definition) is 0. The summed E-state index contributed by atoms with van der Waals surface area (Å²) in [4.78, 5) is 31.9. The average Bonchev–Trinajstić information content (AvgIpc) is 3.37. The molecule has 0 saturated heterocycles. The molecule has 0 bridgehead atoms. The Balaban J connectivity index is 1.57. The van der Waals surface area contributed by atoms with E-state index in [1.165, 1.54) is 11.3 Å². The molecule has 0 saturated carbocycles. The smallest absolute Gasteiger partial charge is 0.262 e. The monoisotopic (exact) mass is 377 g/mol. The van der Waals surface area contributed by atoms with Gasteiger partial charge in [0.15, 0.2) is 5.13 Å². The van der Waals surface area contributed by atoms with Gasteiger partial charge in [-0.2, -0.15) is 0 Å². The third kappa shape index (κ3) is 2.50. The average molecular weight is 377 g/mol. The third-order valence-corrected chi connectivity index (χ3v) is 5.91. The van der Waals surface area contributed by atoms with Crippen LogP contribution in [0.15, 0.2) is 57.9 Å². The zero-order valence-corrected chi connectivity index (χ0v) is 15.3. The zero-order valence-electron chi connectivity index (χ0n) is 14.5. The second kappa shape index (κ2) is 5.92. The van der Waals surface area contributed by atoms with Gasteiger partial charge in [-0.1, -0.05) is 23.5 Å². The summed E-state index contributed by atoms with van der Waals surface area (Å²) in [7, 11) is 0. The maximum absolute atomic E-state index is 13.1. The molecule has 0 atom stereocenters. The van der Waals surface area contributed by atoms with Crippen molar-refractivity contribution >= 4 is 32.6 Å². The number of amides is 1. The summed E-state index contributed by atoms with van der Waals surface area (Å²) < 4.78 is 7.97. The van der Waals surface area contributed by atoms with E-state index in [0.717, 1.165) is 15.8 Å². The Morgan fingerprint density at radius 2 is 2.04 bits per heavy atom. The van der Waals surface area contributed by atoms with Gasteiger partial charge in [-0.15, -0.1) is 0 Å². The predicted molar refractivity (Wildman–Crippen MR) is 103 cm³/mol. The lowest BCUT2D eigenvalue weighted by Gasteiger charge is -2.12. The molecular formula is C20H15N3O3S. The minimum absolute atomic E-state index is 0.116. The number of carbonyl (C=O) groups excluding carboxylic acids is 1. The lowest BCUT2D eigenvalue weighted by atomic mass is 10.1. The van der Waals surface area contributed by atoms with Crippen LogP contribution in [0.1, 0.15) is 27.4 Å². The normalized spacial score (nSPS) is 13.5. The van der Waals surface area contributed by atoms with E-state index < -0.39 is 0 Å². The minimum Gasteiger partial charge on any atom is -0.467 e.